The lowest BCUT2D eigenvalue weighted by molar-refractivity contribution is -0.119. The number of amides is 3. The molecule has 5 rings (SSSR count). The van der Waals surface area contributed by atoms with Gasteiger partial charge in [0.15, 0.2) is 5.82 Å². The van der Waals surface area contributed by atoms with Gasteiger partial charge in [0.1, 0.15) is 12.0 Å². The van der Waals surface area contributed by atoms with E-state index in [4.69, 9.17) is 16.3 Å². The molecule has 0 fully saturated rings. The van der Waals surface area contributed by atoms with Crippen molar-refractivity contribution in [3.63, 3.8) is 0 Å². The normalized spacial score (nSPS) is 15.9. The van der Waals surface area contributed by atoms with Gasteiger partial charge in [-0.1, -0.05) is 37.1 Å². The summed E-state index contributed by atoms with van der Waals surface area (Å²) < 4.78 is 20.9. The van der Waals surface area contributed by atoms with Gasteiger partial charge in [0.25, 0.3) is 5.91 Å². The zero-order valence-corrected chi connectivity index (χ0v) is 27.0. The number of nitrogens with zero attached hydrogens (tertiary/aromatic N) is 3. The van der Waals surface area contributed by atoms with Gasteiger partial charge in [-0.05, 0) is 61.7 Å². The van der Waals surface area contributed by atoms with E-state index in [0.29, 0.717) is 47.6 Å². The highest BCUT2D eigenvalue weighted by molar-refractivity contribution is 6.30. The molecule has 1 aliphatic heterocycles. The van der Waals surface area contributed by atoms with E-state index in [-0.39, 0.29) is 53.0 Å². The van der Waals surface area contributed by atoms with Crippen LogP contribution >= 0.6 is 36.4 Å². The molecule has 0 radical (unpaired) electrons. The Hall–Kier alpha value is -4.19. The summed E-state index contributed by atoms with van der Waals surface area (Å²) in [5.41, 5.74) is 3.85. The lowest BCUT2D eigenvalue weighted by Crippen LogP contribution is -2.30. The molecular weight excluding hydrogens is 646 g/mol. The standard InChI is InChI=1S/C31H30ClFN6O4.2ClH/c1-17-6-4-8-23(37-30(41)28-18(2)39(16-35-28)26-9-5-7-22(32)27(26)33)25-14-19(12-13-34-25)21-11-10-20(36-31(42)43-3)15-24(21)38-29(17)40;;/h5,7,9-17,23H,4,6,8H2,1-3H3,(H,36,42)(H,37,41)(H,38,40);2*1H/t17-,23+;;/m1../s1. The number of benzene rings is 2. The highest BCUT2D eigenvalue weighted by Crippen LogP contribution is 2.34. The smallest absolute Gasteiger partial charge is 0.411 e. The molecule has 45 heavy (non-hydrogen) atoms. The van der Waals surface area contributed by atoms with E-state index < -0.39 is 23.9 Å². The fourth-order valence-corrected chi connectivity index (χ4v) is 5.21. The van der Waals surface area contributed by atoms with Gasteiger partial charge in [0, 0.05) is 23.4 Å². The van der Waals surface area contributed by atoms with E-state index in [1.165, 1.54) is 24.1 Å². The quantitative estimate of drug-likeness (QED) is 0.208. The summed E-state index contributed by atoms with van der Waals surface area (Å²) in [5, 5.41) is 8.64. The van der Waals surface area contributed by atoms with Crippen LogP contribution < -0.4 is 16.0 Å². The minimum atomic E-state index is -0.629. The molecule has 3 N–H and O–H groups in total. The van der Waals surface area contributed by atoms with Crippen molar-refractivity contribution in [3.05, 3.63) is 89.0 Å². The van der Waals surface area contributed by atoms with Gasteiger partial charge >= 0.3 is 6.09 Å². The van der Waals surface area contributed by atoms with Crippen LogP contribution in [-0.4, -0.2) is 39.6 Å². The van der Waals surface area contributed by atoms with Crippen LogP contribution in [0.15, 0.2) is 61.1 Å². The molecule has 14 heteroatoms. The van der Waals surface area contributed by atoms with Crippen LogP contribution in [0.1, 0.15) is 54.1 Å². The molecule has 0 aliphatic carbocycles. The number of methoxy groups -OCH3 is 1. The van der Waals surface area contributed by atoms with Crippen molar-refractivity contribution < 1.29 is 23.5 Å². The number of nitrogens with one attached hydrogen (secondary N) is 3. The number of carbonyl (C=O) groups is 3. The summed E-state index contributed by atoms with van der Waals surface area (Å²) in [6, 6.07) is 13.0. The van der Waals surface area contributed by atoms with E-state index in [1.54, 1.807) is 49.5 Å². The number of hydrogen-bond acceptors (Lipinski definition) is 6. The molecule has 2 atom stereocenters. The Balaban J connectivity index is 0.00000276. The number of anilines is 2. The Labute approximate surface area is 276 Å². The lowest BCUT2D eigenvalue weighted by Gasteiger charge is -2.22. The first-order chi connectivity index (χ1) is 20.7. The Bertz CT molecular complexity index is 1720. The number of pyridine rings is 1. The second kappa shape index (κ2) is 15.2. The Morgan fingerprint density at radius 3 is 2.64 bits per heavy atom. The maximum atomic E-state index is 14.7. The van der Waals surface area contributed by atoms with Crippen LogP contribution in [0.3, 0.4) is 0 Å². The molecule has 3 amide bonds. The Kier molecular flexibility index (Phi) is 11.9. The zero-order chi connectivity index (χ0) is 30.7. The monoisotopic (exact) mass is 676 g/mol. The van der Waals surface area contributed by atoms with Gasteiger partial charge in [-0.3, -0.25) is 24.5 Å². The van der Waals surface area contributed by atoms with E-state index >= 15 is 0 Å². The van der Waals surface area contributed by atoms with Crippen LogP contribution in [0.2, 0.25) is 5.02 Å². The van der Waals surface area contributed by atoms with E-state index in [2.05, 4.69) is 25.9 Å². The van der Waals surface area contributed by atoms with Crippen LogP contribution in [-0.2, 0) is 9.53 Å². The third-order valence-electron chi connectivity index (χ3n) is 7.45. The first-order valence-electron chi connectivity index (χ1n) is 13.7. The molecular formula is C31H32Cl3FN6O4. The van der Waals surface area contributed by atoms with Crippen molar-refractivity contribution in [2.75, 3.05) is 17.7 Å². The van der Waals surface area contributed by atoms with Gasteiger partial charge in [-0.25, -0.2) is 14.2 Å². The minimum Gasteiger partial charge on any atom is -0.453 e. The molecule has 3 heterocycles. The number of imidazole rings is 1. The second-order valence-corrected chi connectivity index (χ2v) is 10.7. The molecule has 0 saturated heterocycles. The minimum absolute atomic E-state index is 0. The number of aromatic nitrogens is 3. The average Bonchev–Trinajstić information content (AvgIpc) is 3.38. The van der Waals surface area contributed by atoms with Gasteiger partial charge in [-0.2, -0.15) is 0 Å². The van der Waals surface area contributed by atoms with Crippen molar-refractivity contribution in [2.24, 2.45) is 5.92 Å². The molecule has 2 aromatic carbocycles. The van der Waals surface area contributed by atoms with Crippen molar-refractivity contribution in [2.45, 2.75) is 39.2 Å². The molecule has 10 nitrogen and oxygen atoms in total. The van der Waals surface area contributed by atoms with Gasteiger partial charge in [0.2, 0.25) is 5.91 Å². The predicted octanol–water partition coefficient (Wildman–Crippen LogP) is 7.29. The summed E-state index contributed by atoms with van der Waals surface area (Å²) in [6.45, 7) is 3.52. The maximum Gasteiger partial charge on any atom is 0.411 e. The van der Waals surface area contributed by atoms with Crippen LogP contribution in [0.5, 0.6) is 0 Å². The SMILES string of the molecule is COC(=O)Nc1ccc2c(c1)NC(=O)[C@H](C)CCC[C@H](NC(=O)c1ncn(-c3cccc(Cl)c3F)c1C)c1cc-2ccn1.Cl.Cl. The number of ether oxygens (including phenoxy) is 1. The van der Waals surface area contributed by atoms with Crippen molar-refractivity contribution in [1.82, 2.24) is 19.9 Å². The molecule has 2 aromatic heterocycles. The second-order valence-electron chi connectivity index (χ2n) is 10.3. The number of hydrogen-bond donors (Lipinski definition) is 3. The summed E-state index contributed by atoms with van der Waals surface area (Å²) in [6.07, 6.45) is 4.12. The summed E-state index contributed by atoms with van der Waals surface area (Å²) in [7, 11) is 1.27. The Morgan fingerprint density at radius 2 is 1.89 bits per heavy atom. The average molecular weight is 678 g/mol. The number of halogens is 4. The highest BCUT2D eigenvalue weighted by Gasteiger charge is 2.25. The third-order valence-corrected chi connectivity index (χ3v) is 7.75. The van der Waals surface area contributed by atoms with E-state index in [1.807, 2.05) is 13.0 Å². The van der Waals surface area contributed by atoms with Crippen molar-refractivity contribution >= 4 is 65.7 Å². The molecule has 0 unspecified atom stereocenters. The zero-order valence-electron chi connectivity index (χ0n) is 24.6. The third kappa shape index (κ3) is 7.73. The van der Waals surface area contributed by atoms with Crippen LogP contribution in [0.25, 0.3) is 16.8 Å². The molecule has 2 bridgehead atoms. The number of fused-ring (bicyclic) bond motifs is 4. The summed E-state index contributed by atoms with van der Waals surface area (Å²) in [5.74, 6) is -1.53. The van der Waals surface area contributed by atoms with Crippen LogP contribution in [0.4, 0.5) is 20.6 Å². The predicted molar refractivity (Wildman–Crippen MR) is 175 cm³/mol. The van der Waals surface area contributed by atoms with Gasteiger partial charge in [-0.15, -0.1) is 24.8 Å². The maximum absolute atomic E-state index is 14.7. The van der Waals surface area contributed by atoms with Crippen molar-refractivity contribution in [1.29, 1.82) is 0 Å². The number of rotatable bonds is 4. The summed E-state index contributed by atoms with van der Waals surface area (Å²) >= 11 is 5.96. The molecule has 0 saturated carbocycles. The topological polar surface area (TPSA) is 127 Å². The molecule has 4 aromatic rings. The fourth-order valence-electron chi connectivity index (χ4n) is 5.04. The highest BCUT2D eigenvalue weighted by atomic mass is 35.5. The van der Waals surface area contributed by atoms with Gasteiger partial charge in [0.05, 0.1) is 40.9 Å². The number of carbonyl (C=O) groups excluding carboxylic acids is 3. The Morgan fingerprint density at radius 1 is 1.11 bits per heavy atom. The first kappa shape index (κ1) is 35.3. The molecule has 0 spiro atoms. The summed E-state index contributed by atoms with van der Waals surface area (Å²) in [4.78, 5) is 47.2. The van der Waals surface area contributed by atoms with Crippen LogP contribution in [0, 0.1) is 18.7 Å². The largest absolute Gasteiger partial charge is 0.453 e. The van der Waals surface area contributed by atoms with E-state index in [0.717, 1.165) is 5.56 Å². The first-order valence-corrected chi connectivity index (χ1v) is 14.1. The fraction of sp³-hybridized carbons (Fsp3) is 0.258. The van der Waals surface area contributed by atoms with Gasteiger partial charge < -0.3 is 15.4 Å². The molecule has 1 aliphatic rings. The van der Waals surface area contributed by atoms with Crippen molar-refractivity contribution in [3.8, 4) is 16.8 Å². The van der Waals surface area contributed by atoms with E-state index in [9.17, 15) is 18.8 Å². The molecule has 238 valence electrons. The lowest BCUT2D eigenvalue weighted by atomic mass is 9.95.